The Labute approximate surface area is 165 Å². The molecule has 3 saturated carbocycles. The van der Waals surface area contributed by atoms with Gasteiger partial charge >= 0.3 is 5.97 Å². The molecule has 4 N–H and O–H groups in total. The van der Waals surface area contributed by atoms with Gasteiger partial charge in [-0.1, -0.05) is 26.3 Å². The summed E-state index contributed by atoms with van der Waals surface area (Å²) in [6.07, 6.45) is 3.94. The van der Waals surface area contributed by atoms with Gasteiger partial charge in [0.25, 0.3) is 0 Å². The first-order chi connectivity index (χ1) is 13.0. The maximum atomic E-state index is 12.3. The topological polar surface area (TPSA) is 115 Å². The van der Waals surface area contributed by atoms with E-state index in [1.165, 1.54) is 0 Å². The second kappa shape index (κ2) is 5.92. The van der Waals surface area contributed by atoms with Crippen molar-refractivity contribution in [1.29, 1.82) is 0 Å². The van der Waals surface area contributed by atoms with Gasteiger partial charge in [-0.15, -0.1) is 0 Å². The SMILES string of the molecule is C[C@H]1C[C@@H]2C([C@@H](O)C[C@@]3(C)C2CC[C@]3(O)C(=O)O)[C@@]2(C)C/C(=C/O)C(=O)C=C12. The lowest BCUT2D eigenvalue weighted by molar-refractivity contribution is -0.195. The zero-order chi connectivity index (χ0) is 20.6. The Bertz CT molecular complexity index is 799. The average Bonchev–Trinajstić information content (AvgIpc) is 2.88. The minimum atomic E-state index is -1.82. The van der Waals surface area contributed by atoms with E-state index in [0.29, 0.717) is 18.4 Å². The zero-order valence-corrected chi connectivity index (χ0v) is 16.7. The Balaban J connectivity index is 1.81. The number of aliphatic hydroxyl groups excluding tert-OH is 2. The summed E-state index contributed by atoms with van der Waals surface area (Å²) in [7, 11) is 0. The number of hydrogen-bond acceptors (Lipinski definition) is 5. The van der Waals surface area contributed by atoms with Crippen molar-refractivity contribution < 1.29 is 30.0 Å². The predicted molar refractivity (Wildman–Crippen MR) is 101 cm³/mol. The molecule has 0 aromatic rings. The van der Waals surface area contributed by atoms with Gasteiger partial charge in [-0.3, -0.25) is 4.79 Å². The van der Waals surface area contributed by atoms with Crippen molar-refractivity contribution >= 4 is 11.8 Å². The Morgan fingerprint density at radius 1 is 1.32 bits per heavy atom. The van der Waals surface area contributed by atoms with Gasteiger partial charge in [0.2, 0.25) is 0 Å². The summed E-state index contributed by atoms with van der Waals surface area (Å²) >= 11 is 0. The van der Waals surface area contributed by atoms with Gasteiger partial charge in [0.1, 0.15) is 0 Å². The molecule has 28 heavy (non-hydrogen) atoms. The number of hydrogen-bond donors (Lipinski definition) is 4. The van der Waals surface area contributed by atoms with Crippen LogP contribution in [0.5, 0.6) is 0 Å². The van der Waals surface area contributed by atoms with E-state index in [1.807, 2.05) is 6.92 Å². The lowest BCUT2D eigenvalue weighted by Crippen LogP contribution is -2.62. The lowest BCUT2D eigenvalue weighted by Gasteiger charge is -2.61. The number of carbonyl (C=O) groups is 2. The van der Waals surface area contributed by atoms with Crippen molar-refractivity contribution in [2.24, 2.45) is 34.5 Å². The molecule has 4 aliphatic rings. The number of carbonyl (C=O) groups excluding carboxylic acids is 1. The van der Waals surface area contributed by atoms with Crippen LogP contribution in [0, 0.1) is 34.5 Å². The molecule has 3 fully saturated rings. The summed E-state index contributed by atoms with van der Waals surface area (Å²) in [6.45, 7) is 5.96. The van der Waals surface area contributed by atoms with Gasteiger partial charge in [-0.2, -0.15) is 0 Å². The third-order valence-electron chi connectivity index (χ3n) is 8.83. The van der Waals surface area contributed by atoms with E-state index in [-0.39, 0.29) is 42.3 Å². The van der Waals surface area contributed by atoms with Gasteiger partial charge in [0.15, 0.2) is 11.4 Å². The van der Waals surface area contributed by atoms with E-state index in [2.05, 4.69) is 13.8 Å². The average molecular weight is 390 g/mol. The van der Waals surface area contributed by atoms with Gasteiger partial charge in [0.05, 0.1) is 12.4 Å². The fourth-order valence-electron chi connectivity index (χ4n) is 7.58. The van der Waals surface area contributed by atoms with E-state index < -0.39 is 28.5 Å². The molecular formula is C22H30O6. The molecule has 0 radical (unpaired) electrons. The number of aliphatic hydroxyl groups is 3. The molecule has 0 aromatic heterocycles. The summed E-state index contributed by atoms with van der Waals surface area (Å²) in [5.41, 5.74) is -1.78. The molecule has 0 spiro atoms. The van der Waals surface area contributed by atoms with Crippen molar-refractivity contribution in [2.75, 3.05) is 0 Å². The minimum Gasteiger partial charge on any atom is -0.515 e. The van der Waals surface area contributed by atoms with Crippen LogP contribution in [0.3, 0.4) is 0 Å². The normalized spacial score (nSPS) is 51.9. The minimum absolute atomic E-state index is 0.00186. The molecule has 0 heterocycles. The number of allylic oxidation sites excluding steroid dienone is 2. The monoisotopic (exact) mass is 390 g/mol. The molecule has 0 aliphatic heterocycles. The van der Waals surface area contributed by atoms with Crippen LogP contribution in [0.4, 0.5) is 0 Å². The second-order valence-corrected chi connectivity index (χ2v) is 10.0. The Kier molecular flexibility index (Phi) is 4.16. The maximum Gasteiger partial charge on any atom is 0.336 e. The van der Waals surface area contributed by atoms with E-state index in [0.717, 1.165) is 18.3 Å². The van der Waals surface area contributed by atoms with Gasteiger partial charge in [0, 0.05) is 11.0 Å². The van der Waals surface area contributed by atoms with Crippen LogP contribution in [0.15, 0.2) is 23.5 Å². The molecule has 6 heteroatoms. The van der Waals surface area contributed by atoms with E-state index in [9.17, 15) is 30.0 Å². The summed E-state index contributed by atoms with van der Waals surface area (Å²) in [6, 6.07) is 0. The quantitative estimate of drug-likeness (QED) is 0.404. The predicted octanol–water partition coefficient (Wildman–Crippen LogP) is 2.60. The highest BCUT2D eigenvalue weighted by Crippen LogP contribution is 2.68. The molecule has 0 bridgehead atoms. The molecule has 154 valence electrons. The van der Waals surface area contributed by atoms with Crippen LogP contribution < -0.4 is 0 Å². The molecule has 2 unspecified atom stereocenters. The maximum absolute atomic E-state index is 12.3. The first-order valence-corrected chi connectivity index (χ1v) is 10.2. The molecule has 0 amide bonds. The highest BCUT2D eigenvalue weighted by Gasteiger charge is 2.69. The van der Waals surface area contributed by atoms with E-state index >= 15 is 0 Å². The molecule has 4 aliphatic carbocycles. The van der Waals surface area contributed by atoms with Gasteiger partial charge < -0.3 is 20.4 Å². The van der Waals surface area contributed by atoms with Crippen molar-refractivity contribution in [2.45, 2.75) is 64.6 Å². The van der Waals surface area contributed by atoms with Crippen LogP contribution in [-0.4, -0.2) is 43.9 Å². The largest absolute Gasteiger partial charge is 0.515 e. The number of fused-ring (bicyclic) bond motifs is 5. The van der Waals surface area contributed by atoms with Crippen LogP contribution in [0.2, 0.25) is 0 Å². The number of carboxylic acids is 1. The third-order valence-corrected chi connectivity index (χ3v) is 8.83. The highest BCUT2D eigenvalue weighted by molar-refractivity contribution is 6.05. The Morgan fingerprint density at radius 3 is 2.61 bits per heavy atom. The zero-order valence-electron chi connectivity index (χ0n) is 16.7. The molecular weight excluding hydrogens is 360 g/mol. The number of ketones is 1. The molecule has 0 saturated heterocycles. The number of aliphatic carboxylic acids is 1. The second-order valence-electron chi connectivity index (χ2n) is 10.0. The fraction of sp³-hybridized carbons (Fsp3) is 0.727. The van der Waals surface area contributed by atoms with Gasteiger partial charge in [-0.25, -0.2) is 4.79 Å². The summed E-state index contributed by atoms with van der Waals surface area (Å²) in [5.74, 6) is -1.31. The Hall–Kier alpha value is -1.66. The first kappa shape index (κ1) is 19.6. The van der Waals surface area contributed by atoms with E-state index in [1.54, 1.807) is 6.08 Å². The standard InChI is InChI=1S/C22H30O6/c1-11-6-13-14-4-5-22(28,19(26)27)21(14,3)9-17(25)18(13)20(2)8-12(10-23)16(24)7-15(11)20/h7,10-11,13-14,17-18,23,25,28H,4-6,8-9H2,1-3H3,(H,26,27)/b12-10-/t11-,13-,14?,17-,18?,20-,21-,22-/m0/s1. The van der Waals surface area contributed by atoms with Crippen LogP contribution in [0.25, 0.3) is 0 Å². The van der Waals surface area contributed by atoms with Crippen LogP contribution >= 0.6 is 0 Å². The smallest absolute Gasteiger partial charge is 0.336 e. The van der Waals surface area contributed by atoms with E-state index in [4.69, 9.17) is 0 Å². The van der Waals surface area contributed by atoms with Crippen molar-refractivity contribution in [1.82, 2.24) is 0 Å². The fourth-order valence-corrected chi connectivity index (χ4v) is 7.58. The van der Waals surface area contributed by atoms with Crippen molar-refractivity contribution in [3.63, 3.8) is 0 Å². The van der Waals surface area contributed by atoms with Crippen LogP contribution in [-0.2, 0) is 9.59 Å². The molecule has 8 atom stereocenters. The lowest BCUT2D eigenvalue weighted by atomic mass is 9.44. The summed E-state index contributed by atoms with van der Waals surface area (Å²) in [5, 5.41) is 41.5. The highest BCUT2D eigenvalue weighted by atomic mass is 16.4. The van der Waals surface area contributed by atoms with Crippen molar-refractivity contribution in [3.05, 3.63) is 23.5 Å². The molecule has 6 nitrogen and oxygen atoms in total. The summed E-state index contributed by atoms with van der Waals surface area (Å²) < 4.78 is 0. The number of carboxylic acid groups (broad SMARTS) is 1. The molecule has 0 aromatic carbocycles. The third kappa shape index (κ3) is 2.22. The van der Waals surface area contributed by atoms with Crippen molar-refractivity contribution in [3.8, 4) is 0 Å². The first-order valence-electron chi connectivity index (χ1n) is 10.2. The number of rotatable bonds is 1. The van der Waals surface area contributed by atoms with Crippen LogP contribution in [0.1, 0.15) is 52.9 Å². The Morgan fingerprint density at radius 2 is 2.00 bits per heavy atom. The summed E-state index contributed by atoms with van der Waals surface area (Å²) in [4.78, 5) is 24.2. The van der Waals surface area contributed by atoms with Gasteiger partial charge in [-0.05, 0) is 67.3 Å². The molecule has 4 rings (SSSR count).